The average Bonchev–Trinajstić information content (AvgIpc) is 2.23. The second kappa shape index (κ2) is 4.80. The van der Waals surface area contributed by atoms with Crippen LogP contribution in [-0.4, -0.2) is 39.3 Å². The van der Waals surface area contributed by atoms with Crippen LogP contribution in [0.4, 0.5) is 0 Å². The molecule has 1 aromatic rings. The molecule has 0 atom stereocenters. The van der Waals surface area contributed by atoms with Crippen molar-refractivity contribution < 1.29 is 10.2 Å². The SMILES string of the molecule is Cc1ccc(O)c(CN(C)C(C)(C)CO)n1. The first-order valence-corrected chi connectivity index (χ1v) is 5.34. The van der Waals surface area contributed by atoms with E-state index in [2.05, 4.69) is 4.98 Å². The van der Waals surface area contributed by atoms with Crippen LogP contribution in [0.1, 0.15) is 25.2 Å². The van der Waals surface area contributed by atoms with Crippen molar-refractivity contribution in [3.05, 3.63) is 23.5 Å². The van der Waals surface area contributed by atoms with Crippen molar-refractivity contribution in [2.45, 2.75) is 32.9 Å². The molecule has 1 aromatic heterocycles. The number of aromatic hydroxyl groups is 1. The van der Waals surface area contributed by atoms with E-state index in [0.717, 1.165) is 5.69 Å². The van der Waals surface area contributed by atoms with E-state index in [0.29, 0.717) is 12.2 Å². The predicted octanol–water partition coefficient (Wildman–Crippen LogP) is 1.30. The van der Waals surface area contributed by atoms with Crippen LogP contribution in [0, 0.1) is 6.92 Å². The molecule has 0 amide bonds. The first kappa shape index (κ1) is 12.9. The molecular formula is C12H20N2O2. The van der Waals surface area contributed by atoms with Crippen LogP contribution >= 0.6 is 0 Å². The molecule has 0 aliphatic rings. The van der Waals surface area contributed by atoms with Crippen LogP contribution in [0.3, 0.4) is 0 Å². The molecule has 0 spiro atoms. The molecule has 4 nitrogen and oxygen atoms in total. The second-order valence-electron chi connectivity index (χ2n) is 4.75. The highest BCUT2D eigenvalue weighted by Gasteiger charge is 2.23. The fourth-order valence-corrected chi connectivity index (χ4v) is 1.28. The van der Waals surface area contributed by atoms with E-state index in [1.165, 1.54) is 0 Å². The van der Waals surface area contributed by atoms with E-state index in [9.17, 15) is 10.2 Å². The lowest BCUT2D eigenvalue weighted by Crippen LogP contribution is -2.43. The summed E-state index contributed by atoms with van der Waals surface area (Å²) >= 11 is 0. The van der Waals surface area contributed by atoms with E-state index in [1.54, 1.807) is 12.1 Å². The van der Waals surface area contributed by atoms with Crippen molar-refractivity contribution in [3.63, 3.8) is 0 Å². The number of aromatic nitrogens is 1. The maximum Gasteiger partial charge on any atom is 0.138 e. The summed E-state index contributed by atoms with van der Waals surface area (Å²) in [4.78, 5) is 6.25. The van der Waals surface area contributed by atoms with Gasteiger partial charge in [0.25, 0.3) is 0 Å². The smallest absolute Gasteiger partial charge is 0.138 e. The Morgan fingerprint density at radius 1 is 1.38 bits per heavy atom. The minimum absolute atomic E-state index is 0.0656. The minimum Gasteiger partial charge on any atom is -0.506 e. The van der Waals surface area contributed by atoms with Crippen LogP contribution in [0.25, 0.3) is 0 Å². The summed E-state index contributed by atoms with van der Waals surface area (Å²) in [5, 5.41) is 18.9. The lowest BCUT2D eigenvalue weighted by Gasteiger charge is -2.33. The standard InChI is InChI=1S/C12H20N2O2/c1-9-5-6-11(16)10(13-9)7-14(4)12(2,3)8-15/h5-6,15-16H,7-8H2,1-4H3. The molecule has 0 saturated heterocycles. The highest BCUT2D eigenvalue weighted by Crippen LogP contribution is 2.20. The molecule has 2 N–H and O–H groups in total. The molecular weight excluding hydrogens is 204 g/mol. The third kappa shape index (κ3) is 2.93. The number of nitrogens with zero attached hydrogens (tertiary/aromatic N) is 2. The van der Waals surface area contributed by atoms with E-state index in [4.69, 9.17) is 0 Å². The normalized spacial score (nSPS) is 12.1. The summed E-state index contributed by atoms with van der Waals surface area (Å²) in [5.41, 5.74) is 1.20. The van der Waals surface area contributed by atoms with E-state index in [-0.39, 0.29) is 17.9 Å². The van der Waals surface area contributed by atoms with Gasteiger partial charge in [-0.2, -0.15) is 0 Å². The van der Waals surface area contributed by atoms with Gasteiger partial charge < -0.3 is 10.2 Å². The summed E-state index contributed by atoms with van der Waals surface area (Å²) < 4.78 is 0. The molecule has 0 aliphatic carbocycles. The molecule has 0 fully saturated rings. The fraction of sp³-hybridized carbons (Fsp3) is 0.583. The van der Waals surface area contributed by atoms with E-state index in [1.807, 2.05) is 32.7 Å². The number of likely N-dealkylation sites (N-methyl/N-ethyl adjacent to an activating group) is 1. The Bertz CT molecular complexity index is 364. The van der Waals surface area contributed by atoms with Gasteiger partial charge in [0.05, 0.1) is 12.3 Å². The highest BCUT2D eigenvalue weighted by atomic mass is 16.3. The maximum absolute atomic E-state index is 9.67. The van der Waals surface area contributed by atoms with Crippen LogP contribution in [0.5, 0.6) is 5.75 Å². The molecule has 0 unspecified atom stereocenters. The van der Waals surface area contributed by atoms with Crippen LogP contribution in [-0.2, 0) is 6.54 Å². The molecule has 0 bridgehead atoms. The average molecular weight is 224 g/mol. The predicted molar refractivity (Wildman–Crippen MR) is 63.3 cm³/mol. The van der Waals surface area contributed by atoms with Crippen molar-refractivity contribution in [2.24, 2.45) is 0 Å². The first-order chi connectivity index (χ1) is 7.36. The summed E-state index contributed by atoms with van der Waals surface area (Å²) in [7, 11) is 1.90. The summed E-state index contributed by atoms with van der Waals surface area (Å²) in [6.45, 7) is 6.36. The van der Waals surface area contributed by atoms with Gasteiger partial charge in [-0.05, 0) is 40.0 Å². The molecule has 1 rings (SSSR count). The van der Waals surface area contributed by atoms with Gasteiger partial charge in [0, 0.05) is 17.8 Å². The Morgan fingerprint density at radius 3 is 2.56 bits per heavy atom. The quantitative estimate of drug-likeness (QED) is 0.809. The van der Waals surface area contributed by atoms with Crippen molar-refractivity contribution in [1.29, 1.82) is 0 Å². The van der Waals surface area contributed by atoms with Gasteiger partial charge in [-0.15, -0.1) is 0 Å². The van der Waals surface area contributed by atoms with Crippen LogP contribution < -0.4 is 0 Å². The number of aliphatic hydroxyl groups excluding tert-OH is 1. The monoisotopic (exact) mass is 224 g/mol. The Hall–Kier alpha value is -1.13. The zero-order chi connectivity index (χ0) is 12.3. The maximum atomic E-state index is 9.67. The zero-order valence-electron chi connectivity index (χ0n) is 10.4. The van der Waals surface area contributed by atoms with E-state index >= 15 is 0 Å². The molecule has 0 radical (unpaired) electrons. The van der Waals surface area contributed by atoms with Gasteiger partial charge in [-0.25, -0.2) is 0 Å². The molecule has 16 heavy (non-hydrogen) atoms. The van der Waals surface area contributed by atoms with Gasteiger partial charge in [-0.1, -0.05) is 0 Å². The molecule has 90 valence electrons. The molecule has 0 saturated carbocycles. The Morgan fingerprint density at radius 2 is 2.00 bits per heavy atom. The second-order valence-corrected chi connectivity index (χ2v) is 4.75. The van der Waals surface area contributed by atoms with E-state index < -0.39 is 0 Å². The lowest BCUT2D eigenvalue weighted by molar-refractivity contribution is 0.0718. The third-order valence-corrected chi connectivity index (χ3v) is 2.90. The summed E-state index contributed by atoms with van der Waals surface area (Å²) in [5.74, 6) is 0.200. The Balaban J connectivity index is 2.84. The highest BCUT2D eigenvalue weighted by molar-refractivity contribution is 5.27. The van der Waals surface area contributed by atoms with Gasteiger partial charge >= 0.3 is 0 Å². The topological polar surface area (TPSA) is 56.6 Å². The lowest BCUT2D eigenvalue weighted by atomic mass is 10.0. The van der Waals surface area contributed by atoms with Gasteiger partial charge in [0.15, 0.2) is 0 Å². The Labute approximate surface area is 96.6 Å². The summed E-state index contributed by atoms with van der Waals surface area (Å²) in [6, 6.07) is 3.42. The number of aliphatic hydroxyl groups is 1. The number of hydrogen-bond donors (Lipinski definition) is 2. The first-order valence-electron chi connectivity index (χ1n) is 5.34. The van der Waals surface area contributed by atoms with Crippen molar-refractivity contribution in [3.8, 4) is 5.75 Å². The molecule has 0 aliphatic heterocycles. The van der Waals surface area contributed by atoms with Crippen molar-refractivity contribution in [1.82, 2.24) is 9.88 Å². The number of pyridine rings is 1. The van der Waals surface area contributed by atoms with Crippen LogP contribution in [0.15, 0.2) is 12.1 Å². The Kier molecular flexibility index (Phi) is 3.88. The third-order valence-electron chi connectivity index (χ3n) is 2.90. The van der Waals surface area contributed by atoms with Gasteiger partial charge in [0.2, 0.25) is 0 Å². The van der Waals surface area contributed by atoms with Crippen LogP contribution in [0.2, 0.25) is 0 Å². The molecule has 0 aromatic carbocycles. The van der Waals surface area contributed by atoms with Gasteiger partial charge in [0.1, 0.15) is 5.75 Å². The number of aryl methyl sites for hydroxylation is 1. The number of hydrogen-bond acceptors (Lipinski definition) is 4. The molecule has 4 heteroatoms. The fourth-order valence-electron chi connectivity index (χ4n) is 1.28. The van der Waals surface area contributed by atoms with Crippen molar-refractivity contribution in [2.75, 3.05) is 13.7 Å². The minimum atomic E-state index is -0.322. The summed E-state index contributed by atoms with van der Waals surface area (Å²) in [6.07, 6.45) is 0. The van der Waals surface area contributed by atoms with Crippen molar-refractivity contribution >= 4 is 0 Å². The largest absolute Gasteiger partial charge is 0.506 e. The number of rotatable bonds is 4. The zero-order valence-corrected chi connectivity index (χ0v) is 10.4. The molecule has 1 heterocycles. The van der Waals surface area contributed by atoms with Gasteiger partial charge in [-0.3, -0.25) is 9.88 Å².